The van der Waals surface area contributed by atoms with Crippen LogP contribution in [0, 0.1) is 0 Å². The van der Waals surface area contributed by atoms with Gasteiger partial charge in [0.05, 0.1) is 0 Å². The predicted molar refractivity (Wildman–Crippen MR) is 124 cm³/mol. The second-order valence-electron chi connectivity index (χ2n) is 8.04. The Labute approximate surface area is 192 Å². The van der Waals surface area contributed by atoms with E-state index in [1.54, 1.807) is 24.3 Å². The predicted octanol–water partition coefficient (Wildman–Crippen LogP) is 5.03. The van der Waals surface area contributed by atoms with Crippen LogP contribution in [0.1, 0.15) is 46.7 Å². The van der Waals surface area contributed by atoms with E-state index in [0.29, 0.717) is 12.0 Å². The van der Waals surface area contributed by atoms with Gasteiger partial charge < -0.3 is 15.2 Å². The molecule has 1 amide bonds. The lowest BCUT2D eigenvalue weighted by molar-refractivity contribution is -0.139. The Morgan fingerprint density at radius 2 is 1.42 bits per heavy atom. The van der Waals surface area contributed by atoms with E-state index in [2.05, 4.69) is 5.32 Å². The second-order valence-corrected chi connectivity index (χ2v) is 8.04. The van der Waals surface area contributed by atoms with Crippen molar-refractivity contribution in [3.05, 3.63) is 95.6 Å². The molecule has 6 heteroatoms. The van der Waals surface area contributed by atoms with Gasteiger partial charge in [0.2, 0.25) is 0 Å². The number of nitrogens with one attached hydrogen (secondary N) is 1. The molecule has 3 aromatic carbocycles. The SMILES string of the molecule is O=C(NC(CCCC(=O)c1ccccc1)C(=O)O)OCC1c2ccccc2-c2ccccc21. The maximum Gasteiger partial charge on any atom is 0.407 e. The summed E-state index contributed by atoms with van der Waals surface area (Å²) in [5, 5.41) is 11.9. The lowest BCUT2D eigenvalue weighted by Gasteiger charge is -2.17. The van der Waals surface area contributed by atoms with Gasteiger partial charge in [0.1, 0.15) is 12.6 Å². The van der Waals surface area contributed by atoms with Gasteiger partial charge in [-0.05, 0) is 35.1 Å². The molecular weight excluding hydrogens is 418 g/mol. The highest BCUT2D eigenvalue weighted by atomic mass is 16.5. The van der Waals surface area contributed by atoms with Crippen molar-refractivity contribution in [3.63, 3.8) is 0 Å². The number of hydrogen-bond donors (Lipinski definition) is 2. The minimum absolute atomic E-state index is 0.0547. The molecule has 1 atom stereocenters. The van der Waals surface area contributed by atoms with Crippen molar-refractivity contribution in [2.45, 2.75) is 31.2 Å². The zero-order valence-electron chi connectivity index (χ0n) is 18.1. The third-order valence-electron chi connectivity index (χ3n) is 5.93. The number of ketones is 1. The van der Waals surface area contributed by atoms with Crippen LogP contribution in [0.3, 0.4) is 0 Å². The maximum absolute atomic E-state index is 12.4. The number of amides is 1. The van der Waals surface area contributed by atoms with Crippen molar-refractivity contribution in [1.82, 2.24) is 5.32 Å². The topological polar surface area (TPSA) is 92.7 Å². The highest BCUT2D eigenvalue weighted by molar-refractivity contribution is 5.96. The number of Topliss-reactive ketones (excluding diaryl/α,β-unsaturated/α-hetero) is 1. The minimum Gasteiger partial charge on any atom is -0.480 e. The summed E-state index contributed by atoms with van der Waals surface area (Å²) >= 11 is 0. The van der Waals surface area contributed by atoms with E-state index in [4.69, 9.17) is 4.74 Å². The van der Waals surface area contributed by atoms with E-state index < -0.39 is 18.1 Å². The highest BCUT2D eigenvalue weighted by Gasteiger charge is 2.29. The van der Waals surface area contributed by atoms with Gasteiger partial charge in [-0.1, -0.05) is 78.9 Å². The smallest absolute Gasteiger partial charge is 0.407 e. The Morgan fingerprint density at radius 1 is 0.848 bits per heavy atom. The molecular formula is C27H25NO5. The summed E-state index contributed by atoms with van der Waals surface area (Å²) in [5.74, 6) is -1.31. The molecule has 33 heavy (non-hydrogen) atoms. The van der Waals surface area contributed by atoms with Gasteiger partial charge in [-0.15, -0.1) is 0 Å². The molecule has 1 unspecified atom stereocenters. The van der Waals surface area contributed by atoms with E-state index >= 15 is 0 Å². The number of fused-ring (bicyclic) bond motifs is 3. The van der Waals surface area contributed by atoms with Crippen molar-refractivity contribution in [1.29, 1.82) is 0 Å². The molecule has 1 aliphatic carbocycles. The van der Waals surface area contributed by atoms with E-state index in [1.807, 2.05) is 54.6 Å². The Bertz CT molecular complexity index is 1110. The number of carboxylic acids is 1. The average Bonchev–Trinajstić information content (AvgIpc) is 3.16. The van der Waals surface area contributed by atoms with Gasteiger partial charge in [0.25, 0.3) is 0 Å². The Hall–Kier alpha value is -3.93. The molecule has 4 rings (SSSR count). The molecule has 0 saturated heterocycles. The molecule has 0 aromatic heterocycles. The van der Waals surface area contributed by atoms with Crippen LogP contribution in [0.5, 0.6) is 0 Å². The average molecular weight is 443 g/mol. The first-order valence-electron chi connectivity index (χ1n) is 11.0. The van der Waals surface area contributed by atoms with Gasteiger partial charge >= 0.3 is 12.1 Å². The van der Waals surface area contributed by atoms with Crippen LogP contribution < -0.4 is 5.32 Å². The lowest BCUT2D eigenvalue weighted by Crippen LogP contribution is -2.41. The van der Waals surface area contributed by atoms with Gasteiger partial charge in [-0.2, -0.15) is 0 Å². The van der Waals surface area contributed by atoms with Gasteiger partial charge in [-0.3, -0.25) is 4.79 Å². The molecule has 2 N–H and O–H groups in total. The monoisotopic (exact) mass is 443 g/mol. The summed E-state index contributed by atoms with van der Waals surface area (Å²) in [5.41, 5.74) is 5.00. The van der Waals surface area contributed by atoms with E-state index in [9.17, 15) is 19.5 Å². The number of aliphatic carboxylic acids is 1. The normalized spacial score (nSPS) is 13.0. The minimum atomic E-state index is -1.16. The number of carboxylic acid groups (broad SMARTS) is 1. The van der Waals surface area contributed by atoms with Crippen LogP contribution in [0.4, 0.5) is 4.79 Å². The van der Waals surface area contributed by atoms with Crippen LogP contribution in [-0.4, -0.2) is 35.6 Å². The van der Waals surface area contributed by atoms with Crippen LogP contribution in [0.25, 0.3) is 11.1 Å². The molecule has 6 nitrogen and oxygen atoms in total. The van der Waals surface area contributed by atoms with Crippen LogP contribution in [0.2, 0.25) is 0 Å². The van der Waals surface area contributed by atoms with Crippen molar-refractivity contribution in [2.75, 3.05) is 6.61 Å². The third kappa shape index (κ3) is 5.12. The lowest BCUT2D eigenvalue weighted by atomic mass is 9.98. The van der Waals surface area contributed by atoms with Gasteiger partial charge in [-0.25, -0.2) is 9.59 Å². The molecule has 0 fully saturated rings. The number of hydrogen-bond acceptors (Lipinski definition) is 4. The number of benzene rings is 3. The molecule has 0 aliphatic heterocycles. The summed E-state index contributed by atoms with van der Waals surface area (Å²) in [6.45, 7) is 0.110. The van der Waals surface area contributed by atoms with Crippen molar-refractivity contribution < 1.29 is 24.2 Å². The Morgan fingerprint density at radius 3 is 2.03 bits per heavy atom. The molecule has 0 saturated carbocycles. The maximum atomic E-state index is 12.4. The number of carbonyl (C=O) groups is 3. The third-order valence-corrected chi connectivity index (χ3v) is 5.93. The summed E-state index contributed by atoms with van der Waals surface area (Å²) < 4.78 is 5.44. The molecule has 0 spiro atoms. The molecule has 0 radical (unpaired) electrons. The summed E-state index contributed by atoms with van der Waals surface area (Å²) in [4.78, 5) is 36.2. The second kappa shape index (κ2) is 10.1. The zero-order valence-corrected chi connectivity index (χ0v) is 18.1. The van der Waals surface area contributed by atoms with Crippen molar-refractivity contribution in [2.24, 2.45) is 0 Å². The molecule has 1 aliphatic rings. The number of ether oxygens (including phenoxy) is 1. The van der Waals surface area contributed by atoms with E-state index in [0.717, 1.165) is 22.3 Å². The van der Waals surface area contributed by atoms with Crippen molar-refractivity contribution in [3.8, 4) is 11.1 Å². The fraction of sp³-hybridized carbons (Fsp3) is 0.222. The molecule has 0 bridgehead atoms. The zero-order chi connectivity index (χ0) is 23.2. The van der Waals surface area contributed by atoms with E-state index in [1.165, 1.54) is 0 Å². The number of rotatable bonds is 9. The summed E-state index contributed by atoms with van der Waals surface area (Å²) in [6.07, 6.45) is -0.0919. The molecule has 0 heterocycles. The van der Waals surface area contributed by atoms with Crippen molar-refractivity contribution >= 4 is 17.8 Å². The highest BCUT2D eigenvalue weighted by Crippen LogP contribution is 2.44. The summed E-state index contributed by atoms with van der Waals surface area (Å²) in [6, 6.07) is 23.7. The first-order chi connectivity index (χ1) is 16.0. The fourth-order valence-electron chi connectivity index (χ4n) is 4.27. The first kappa shape index (κ1) is 22.3. The largest absolute Gasteiger partial charge is 0.480 e. The Balaban J connectivity index is 1.32. The van der Waals surface area contributed by atoms with Gasteiger partial charge in [0.15, 0.2) is 5.78 Å². The van der Waals surface area contributed by atoms with Gasteiger partial charge in [0, 0.05) is 17.9 Å². The Kier molecular flexibility index (Phi) is 6.83. The number of alkyl carbamates (subject to hydrolysis) is 1. The van der Waals surface area contributed by atoms with Crippen LogP contribution >= 0.6 is 0 Å². The quantitative estimate of drug-likeness (QED) is 0.453. The standard InChI is InChI=1S/C27H25NO5/c29-25(18-9-2-1-3-10-18)16-8-15-24(26(30)31)28-27(32)33-17-23-21-13-6-4-11-19(21)20-12-5-7-14-22(20)23/h1-7,9-14,23-24H,8,15-17H2,(H,28,32)(H,30,31). The van der Waals surface area contributed by atoms with Crippen LogP contribution in [-0.2, 0) is 9.53 Å². The number of carbonyl (C=O) groups excluding carboxylic acids is 2. The van der Waals surface area contributed by atoms with E-state index in [-0.39, 0.29) is 31.1 Å². The first-order valence-corrected chi connectivity index (χ1v) is 11.0. The molecule has 3 aromatic rings. The fourth-order valence-corrected chi connectivity index (χ4v) is 4.27. The summed E-state index contributed by atoms with van der Waals surface area (Å²) in [7, 11) is 0. The van der Waals surface area contributed by atoms with Crippen LogP contribution in [0.15, 0.2) is 78.9 Å². The molecule has 168 valence electrons.